The molecule has 0 saturated carbocycles. The Balaban J connectivity index is 1.17. The predicted molar refractivity (Wildman–Crippen MR) is 141 cm³/mol. The third kappa shape index (κ3) is 4.86. The molecule has 4 heterocycles. The smallest absolute Gasteiger partial charge is 0.273 e. The highest BCUT2D eigenvalue weighted by Gasteiger charge is 2.40. The second-order valence-corrected chi connectivity index (χ2v) is 10.4. The number of carbonyl (C=O) groups is 2. The molecule has 186 valence electrons. The first-order chi connectivity index (χ1) is 17.2. The molecule has 0 aliphatic carbocycles. The number of nitrogens with two attached hydrogens (primary N) is 2. The van der Waals surface area contributed by atoms with Gasteiger partial charge in [-0.3, -0.25) is 14.6 Å². The maximum absolute atomic E-state index is 13.1. The van der Waals surface area contributed by atoms with Crippen LogP contribution in [0.2, 0.25) is 10.2 Å². The number of halogens is 2. The van der Waals surface area contributed by atoms with Crippen LogP contribution in [-0.2, 0) is 0 Å². The molecule has 5 N–H and O–H groups in total. The number of nitrogen functional groups attached to an aromatic ring is 2. The topological polar surface area (TPSA) is 152 Å². The van der Waals surface area contributed by atoms with E-state index in [0.29, 0.717) is 49.0 Å². The highest BCUT2D eigenvalue weighted by Crippen LogP contribution is 2.30. The van der Waals surface area contributed by atoms with Crippen molar-refractivity contribution >= 4 is 63.7 Å². The Morgan fingerprint density at radius 2 is 1.78 bits per heavy atom. The van der Waals surface area contributed by atoms with Crippen molar-refractivity contribution in [3.63, 3.8) is 0 Å². The molecular formula is C23H22Cl2N8O2S. The van der Waals surface area contributed by atoms with Gasteiger partial charge in [0.15, 0.2) is 28.3 Å². The van der Waals surface area contributed by atoms with Crippen LogP contribution in [0.3, 0.4) is 0 Å². The van der Waals surface area contributed by atoms with E-state index in [9.17, 15) is 9.59 Å². The minimum atomic E-state index is -0.349. The van der Waals surface area contributed by atoms with Crippen molar-refractivity contribution in [2.24, 2.45) is 4.99 Å². The number of aliphatic imine (C=N–C) groups is 1. The maximum atomic E-state index is 13.1. The predicted octanol–water partition coefficient (Wildman–Crippen LogP) is 3.32. The average molecular weight is 545 g/mol. The van der Waals surface area contributed by atoms with Gasteiger partial charge in [-0.05, 0) is 25.0 Å². The molecule has 1 amide bonds. The van der Waals surface area contributed by atoms with Gasteiger partial charge >= 0.3 is 0 Å². The molecule has 5 rings (SSSR count). The molecule has 10 nitrogen and oxygen atoms in total. The number of carbonyl (C=O) groups excluding carboxylic acids is 2. The number of piperidine rings is 1. The first-order valence-corrected chi connectivity index (χ1v) is 12.8. The lowest BCUT2D eigenvalue weighted by atomic mass is 9.88. The Morgan fingerprint density at radius 3 is 2.50 bits per heavy atom. The van der Waals surface area contributed by atoms with Crippen LogP contribution in [0, 0.1) is 0 Å². The number of amides is 1. The molecule has 0 atom stereocenters. The molecule has 1 saturated heterocycles. The number of anilines is 2. The second kappa shape index (κ2) is 9.64. The fraction of sp³-hybridized carbons (Fsp3) is 0.304. The Labute approximate surface area is 220 Å². The molecule has 2 aromatic heterocycles. The van der Waals surface area contributed by atoms with Crippen LogP contribution in [0.4, 0.5) is 11.6 Å². The summed E-state index contributed by atoms with van der Waals surface area (Å²) in [6.07, 6.45) is 1.39. The van der Waals surface area contributed by atoms with Crippen LogP contribution in [-0.4, -0.2) is 62.6 Å². The number of hydrogen-bond acceptors (Lipinski definition) is 10. The molecule has 0 bridgehead atoms. The maximum Gasteiger partial charge on any atom is 0.273 e. The van der Waals surface area contributed by atoms with Crippen LogP contribution in [0.5, 0.6) is 0 Å². The molecule has 1 fully saturated rings. The van der Waals surface area contributed by atoms with Gasteiger partial charge in [-0.1, -0.05) is 35.3 Å². The number of ketones is 1. The summed E-state index contributed by atoms with van der Waals surface area (Å²) in [5.41, 5.74) is 12.4. The van der Waals surface area contributed by atoms with Crippen LogP contribution >= 0.6 is 34.5 Å². The van der Waals surface area contributed by atoms with Crippen molar-refractivity contribution < 1.29 is 9.59 Å². The largest absolute Gasteiger partial charge is 0.382 e. The summed E-state index contributed by atoms with van der Waals surface area (Å²) in [5.74, 6) is 0.0215. The van der Waals surface area contributed by atoms with Crippen LogP contribution in [0.1, 0.15) is 40.2 Å². The molecule has 1 aromatic carbocycles. The number of aromatic nitrogens is 3. The van der Waals surface area contributed by atoms with E-state index in [4.69, 9.17) is 34.7 Å². The number of nitrogens with zero attached hydrogens (tertiary/aromatic N) is 5. The number of nitrogens with one attached hydrogen (secondary N) is 1. The zero-order valence-corrected chi connectivity index (χ0v) is 21.3. The van der Waals surface area contributed by atoms with Crippen molar-refractivity contribution in [2.75, 3.05) is 31.1 Å². The fourth-order valence-electron chi connectivity index (χ4n) is 4.29. The summed E-state index contributed by atoms with van der Waals surface area (Å²) in [7, 11) is 0. The third-order valence-electron chi connectivity index (χ3n) is 6.30. The number of thiazole rings is 1. The molecule has 36 heavy (non-hydrogen) atoms. The van der Waals surface area contributed by atoms with Crippen molar-refractivity contribution in [2.45, 2.75) is 24.8 Å². The van der Waals surface area contributed by atoms with E-state index in [1.165, 1.54) is 11.3 Å². The summed E-state index contributed by atoms with van der Waals surface area (Å²) in [6.45, 7) is 1.64. The third-order valence-corrected chi connectivity index (χ3v) is 7.72. The van der Waals surface area contributed by atoms with Gasteiger partial charge in [-0.15, -0.1) is 11.3 Å². The lowest BCUT2D eigenvalue weighted by Crippen LogP contribution is -2.55. The van der Waals surface area contributed by atoms with Crippen molar-refractivity contribution in [3.8, 4) is 10.6 Å². The van der Waals surface area contributed by atoms with Crippen molar-refractivity contribution in [1.29, 1.82) is 0 Å². The molecule has 13 heteroatoms. The van der Waals surface area contributed by atoms with Gasteiger partial charge in [0.05, 0.1) is 18.5 Å². The molecule has 3 aromatic rings. The molecule has 0 radical (unpaired) electrons. The SMILES string of the molecule is Nc1nc(N)c(C(=O)CC2=NCC3(CCN(C(=O)c4csc(-c5ccc(Cl)cc5)n4)CC3)N2)nc1Cl. The first-order valence-electron chi connectivity index (χ1n) is 11.2. The quantitative estimate of drug-likeness (QED) is 0.413. The van der Waals surface area contributed by atoms with Crippen LogP contribution < -0.4 is 16.8 Å². The van der Waals surface area contributed by atoms with Gasteiger partial charge in [0.2, 0.25) is 0 Å². The van der Waals surface area contributed by atoms with E-state index in [2.05, 4.69) is 25.3 Å². The zero-order chi connectivity index (χ0) is 25.4. The monoisotopic (exact) mass is 544 g/mol. The van der Waals surface area contributed by atoms with Crippen molar-refractivity contribution in [1.82, 2.24) is 25.2 Å². The van der Waals surface area contributed by atoms with E-state index in [0.717, 1.165) is 10.6 Å². The van der Waals surface area contributed by atoms with Crippen LogP contribution in [0.15, 0.2) is 34.6 Å². The Kier molecular flexibility index (Phi) is 6.54. The van der Waals surface area contributed by atoms with Gasteiger partial charge in [0.25, 0.3) is 5.91 Å². The molecule has 1 spiro atoms. The molecule has 2 aliphatic rings. The summed E-state index contributed by atoms with van der Waals surface area (Å²) in [4.78, 5) is 44.5. The minimum absolute atomic E-state index is 0.00415. The Morgan fingerprint density at radius 1 is 1.06 bits per heavy atom. The highest BCUT2D eigenvalue weighted by molar-refractivity contribution is 7.13. The molecular weight excluding hydrogens is 523 g/mol. The summed E-state index contributed by atoms with van der Waals surface area (Å²) >= 11 is 13.3. The molecule has 0 unspecified atom stereocenters. The van der Waals surface area contributed by atoms with E-state index >= 15 is 0 Å². The summed E-state index contributed by atoms with van der Waals surface area (Å²) in [5, 5.41) is 6.55. The highest BCUT2D eigenvalue weighted by atomic mass is 35.5. The number of rotatable bonds is 5. The average Bonchev–Trinajstić information content (AvgIpc) is 3.50. The lowest BCUT2D eigenvalue weighted by molar-refractivity contribution is 0.0663. The summed E-state index contributed by atoms with van der Waals surface area (Å²) < 4.78 is 0. The van der Waals surface area contributed by atoms with E-state index in [1.54, 1.807) is 17.5 Å². The van der Waals surface area contributed by atoms with Crippen molar-refractivity contribution in [3.05, 3.63) is 51.2 Å². The van der Waals surface area contributed by atoms with Crippen LogP contribution in [0.25, 0.3) is 10.6 Å². The van der Waals surface area contributed by atoms with Gasteiger partial charge < -0.3 is 21.7 Å². The second-order valence-electron chi connectivity index (χ2n) is 8.74. The van der Waals surface area contributed by atoms with E-state index < -0.39 is 0 Å². The van der Waals surface area contributed by atoms with Gasteiger partial charge in [0.1, 0.15) is 16.5 Å². The minimum Gasteiger partial charge on any atom is -0.382 e. The van der Waals surface area contributed by atoms with E-state index in [-0.39, 0.29) is 46.1 Å². The number of Topliss-reactive ketones (excluding diaryl/α,β-unsaturated/α-hetero) is 1. The van der Waals surface area contributed by atoms with Gasteiger partial charge in [0, 0.05) is 29.1 Å². The molecule has 2 aliphatic heterocycles. The number of amidine groups is 1. The van der Waals surface area contributed by atoms with Gasteiger partial charge in [-0.2, -0.15) is 0 Å². The first kappa shape index (κ1) is 24.4. The number of likely N-dealkylation sites (tertiary alicyclic amines) is 1. The van der Waals surface area contributed by atoms with E-state index in [1.807, 2.05) is 17.0 Å². The fourth-order valence-corrected chi connectivity index (χ4v) is 5.35. The van der Waals surface area contributed by atoms with Gasteiger partial charge in [-0.25, -0.2) is 15.0 Å². The standard InChI is InChI=1S/C23H22Cl2N8O2S/c24-13-3-1-12(2-4-13)21-29-14(10-36-21)22(35)33-7-5-23(6-8-33)11-28-16(32-23)9-15(34)17-19(26)31-20(27)18(25)30-17/h1-4,10H,5-9,11H2,(H,28,32)(H4,26,27,31). The lowest BCUT2D eigenvalue weighted by Gasteiger charge is -2.39. The number of benzene rings is 1. The zero-order valence-electron chi connectivity index (χ0n) is 19.0. The summed E-state index contributed by atoms with van der Waals surface area (Å²) in [6, 6.07) is 7.37. The number of hydrogen-bond donors (Lipinski definition) is 3. The Bertz CT molecular complexity index is 1370. The normalized spacial score (nSPS) is 16.6. The Hall–Kier alpha value is -3.28.